The van der Waals surface area contributed by atoms with E-state index in [4.69, 9.17) is 4.98 Å². The summed E-state index contributed by atoms with van der Waals surface area (Å²) < 4.78 is 1.94. The molecule has 2 aliphatic rings. The number of carbonyl (C=O) groups is 1. The average molecular weight is 455 g/mol. The topological polar surface area (TPSA) is 94.8 Å². The number of hydrogen-bond acceptors (Lipinski definition) is 6. The van der Waals surface area contributed by atoms with Gasteiger partial charge in [0.05, 0.1) is 17.2 Å². The van der Waals surface area contributed by atoms with Crippen LogP contribution < -0.4 is 15.5 Å². The van der Waals surface area contributed by atoms with Crippen molar-refractivity contribution in [1.82, 2.24) is 14.4 Å². The van der Waals surface area contributed by atoms with Crippen molar-refractivity contribution in [2.24, 2.45) is 0 Å². The van der Waals surface area contributed by atoms with E-state index < -0.39 is 5.41 Å². The van der Waals surface area contributed by atoms with Crippen molar-refractivity contribution in [3.63, 3.8) is 0 Å². The number of rotatable bonds is 4. The van der Waals surface area contributed by atoms with E-state index in [0.717, 1.165) is 52.5 Å². The maximum atomic E-state index is 12.4. The highest BCUT2D eigenvalue weighted by molar-refractivity contribution is 6.06. The molecule has 0 aliphatic carbocycles. The second kappa shape index (κ2) is 7.56. The van der Waals surface area contributed by atoms with Crippen LogP contribution in [0.5, 0.6) is 0 Å². The summed E-state index contributed by atoms with van der Waals surface area (Å²) in [5, 5.41) is 16.2. The monoisotopic (exact) mass is 454 g/mol. The molecule has 2 aromatic carbocycles. The van der Waals surface area contributed by atoms with E-state index in [1.54, 1.807) is 6.20 Å². The van der Waals surface area contributed by atoms with E-state index in [-0.39, 0.29) is 12.0 Å². The summed E-state index contributed by atoms with van der Waals surface area (Å²) >= 11 is 0. The molecule has 4 aromatic rings. The molecule has 1 fully saturated rings. The molecular formula is C26H26N6O2. The molecule has 8 nitrogen and oxygen atoms in total. The van der Waals surface area contributed by atoms with Gasteiger partial charge in [0.1, 0.15) is 0 Å². The van der Waals surface area contributed by atoms with Gasteiger partial charge in [-0.3, -0.25) is 4.79 Å². The lowest BCUT2D eigenvalue weighted by atomic mass is 9.86. The van der Waals surface area contributed by atoms with Crippen LogP contribution in [0, 0.1) is 0 Å². The first-order valence-corrected chi connectivity index (χ1v) is 11.5. The van der Waals surface area contributed by atoms with Crippen molar-refractivity contribution >= 4 is 34.4 Å². The summed E-state index contributed by atoms with van der Waals surface area (Å²) in [5.74, 6) is 0.656. The molecule has 1 atom stereocenters. The summed E-state index contributed by atoms with van der Waals surface area (Å²) in [6, 6.07) is 14.1. The number of β-amino-alcohol motifs (C(OH)–C–C–N with tert-alkyl or cyclic N) is 1. The SMILES string of the molecule is CC1(C)C(=O)Nc2cc(-c3cn4ccnc4c(Nc4ccc(N5CC[C@H](O)C5)cc4)n3)ccc21. The minimum atomic E-state index is -0.540. The molecule has 2 aliphatic heterocycles. The van der Waals surface area contributed by atoms with Gasteiger partial charge in [0, 0.05) is 54.3 Å². The van der Waals surface area contributed by atoms with Gasteiger partial charge in [0.15, 0.2) is 11.5 Å². The number of aliphatic hydroxyl groups is 1. The molecule has 8 heteroatoms. The Morgan fingerprint density at radius 1 is 1.18 bits per heavy atom. The van der Waals surface area contributed by atoms with Crippen LogP contribution in [0.1, 0.15) is 25.8 Å². The number of aromatic nitrogens is 3. The fourth-order valence-corrected chi connectivity index (χ4v) is 4.78. The minimum absolute atomic E-state index is 0.00640. The van der Waals surface area contributed by atoms with E-state index in [1.807, 2.05) is 61.0 Å². The van der Waals surface area contributed by atoms with Crippen LogP contribution in [0.15, 0.2) is 61.1 Å². The smallest absolute Gasteiger partial charge is 0.234 e. The largest absolute Gasteiger partial charge is 0.391 e. The number of nitrogens with zero attached hydrogens (tertiary/aromatic N) is 4. The quantitative estimate of drug-likeness (QED) is 0.432. The average Bonchev–Trinajstić information content (AvgIpc) is 3.53. The summed E-state index contributed by atoms with van der Waals surface area (Å²) in [6.07, 6.45) is 6.14. The van der Waals surface area contributed by atoms with Crippen molar-refractivity contribution < 1.29 is 9.90 Å². The Balaban J connectivity index is 1.32. The maximum absolute atomic E-state index is 12.4. The third-order valence-electron chi connectivity index (χ3n) is 6.84. The Labute approximate surface area is 197 Å². The van der Waals surface area contributed by atoms with Gasteiger partial charge in [-0.15, -0.1) is 0 Å². The Morgan fingerprint density at radius 2 is 2.00 bits per heavy atom. The number of benzene rings is 2. The first-order chi connectivity index (χ1) is 16.4. The zero-order valence-electron chi connectivity index (χ0n) is 19.1. The molecule has 1 saturated heterocycles. The lowest BCUT2D eigenvalue weighted by Crippen LogP contribution is -2.26. The van der Waals surface area contributed by atoms with Crippen LogP contribution in [-0.4, -0.2) is 44.6 Å². The highest BCUT2D eigenvalue weighted by Gasteiger charge is 2.38. The van der Waals surface area contributed by atoms with E-state index in [0.29, 0.717) is 12.4 Å². The standard InChI is InChI=1S/C26H26N6O2/c1-26(2)20-8-3-16(13-21(20)30-25(26)34)22-15-32-12-10-27-24(32)23(29-22)28-17-4-6-18(7-5-17)31-11-9-19(33)14-31/h3-8,10,12-13,15,19,33H,9,11,14H2,1-2H3,(H,28,29)(H,30,34)/t19-/m0/s1. The summed E-state index contributed by atoms with van der Waals surface area (Å²) in [4.78, 5) is 23.9. The molecule has 1 amide bonds. The molecule has 0 spiro atoms. The number of hydrogen-bond donors (Lipinski definition) is 3. The van der Waals surface area contributed by atoms with Crippen molar-refractivity contribution in [1.29, 1.82) is 0 Å². The minimum Gasteiger partial charge on any atom is -0.391 e. The van der Waals surface area contributed by atoms with Gasteiger partial charge < -0.3 is 25.0 Å². The predicted octanol–water partition coefficient (Wildman–Crippen LogP) is 3.94. The number of aliphatic hydroxyl groups excluding tert-OH is 1. The first-order valence-electron chi connectivity index (χ1n) is 11.5. The highest BCUT2D eigenvalue weighted by Crippen LogP contribution is 2.39. The van der Waals surface area contributed by atoms with Crippen molar-refractivity contribution in [2.75, 3.05) is 28.6 Å². The van der Waals surface area contributed by atoms with Crippen molar-refractivity contribution in [3.05, 3.63) is 66.6 Å². The zero-order valence-corrected chi connectivity index (χ0v) is 19.1. The Hall–Kier alpha value is -3.91. The predicted molar refractivity (Wildman–Crippen MR) is 133 cm³/mol. The summed E-state index contributed by atoms with van der Waals surface area (Å²) in [5.41, 5.74) is 5.70. The number of nitrogens with one attached hydrogen (secondary N) is 2. The number of fused-ring (bicyclic) bond motifs is 2. The lowest BCUT2D eigenvalue weighted by Gasteiger charge is -2.18. The van der Waals surface area contributed by atoms with E-state index in [1.165, 1.54) is 0 Å². The van der Waals surface area contributed by atoms with Gasteiger partial charge in [-0.25, -0.2) is 9.97 Å². The maximum Gasteiger partial charge on any atom is 0.234 e. The molecule has 6 rings (SSSR count). The highest BCUT2D eigenvalue weighted by atomic mass is 16.3. The molecule has 172 valence electrons. The van der Waals surface area contributed by atoms with Crippen LogP contribution in [0.3, 0.4) is 0 Å². The molecule has 3 N–H and O–H groups in total. The van der Waals surface area contributed by atoms with E-state index >= 15 is 0 Å². The molecule has 0 radical (unpaired) electrons. The Bertz CT molecular complexity index is 1410. The van der Waals surface area contributed by atoms with Crippen LogP contribution in [-0.2, 0) is 10.2 Å². The van der Waals surface area contributed by atoms with Crippen molar-refractivity contribution in [3.8, 4) is 11.3 Å². The molecule has 0 saturated carbocycles. The van der Waals surface area contributed by atoms with Crippen LogP contribution in [0.25, 0.3) is 16.9 Å². The zero-order chi connectivity index (χ0) is 23.4. The van der Waals surface area contributed by atoms with E-state index in [2.05, 4.69) is 32.7 Å². The third-order valence-corrected chi connectivity index (χ3v) is 6.84. The number of carbonyl (C=O) groups excluding carboxylic acids is 1. The summed E-state index contributed by atoms with van der Waals surface area (Å²) in [7, 11) is 0. The molecule has 2 aromatic heterocycles. The second-order valence-corrected chi connectivity index (χ2v) is 9.53. The van der Waals surface area contributed by atoms with Gasteiger partial charge in [-0.1, -0.05) is 12.1 Å². The number of imidazole rings is 1. The van der Waals surface area contributed by atoms with Crippen molar-refractivity contribution in [2.45, 2.75) is 31.8 Å². The molecule has 0 bridgehead atoms. The van der Waals surface area contributed by atoms with Crippen LogP contribution in [0.4, 0.5) is 22.9 Å². The van der Waals surface area contributed by atoms with Gasteiger partial charge >= 0.3 is 0 Å². The fourth-order valence-electron chi connectivity index (χ4n) is 4.78. The molecule has 0 unspecified atom stereocenters. The third kappa shape index (κ3) is 3.38. The first kappa shape index (κ1) is 20.7. The second-order valence-electron chi connectivity index (χ2n) is 9.53. The molecular weight excluding hydrogens is 428 g/mol. The lowest BCUT2D eigenvalue weighted by molar-refractivity contribution is -0.119. The van der Waals surface area contributed by atoms with Crippen LogP contribution in [0.2, 0.25) is 0 Å². The number of amides is 1. The Kier molecular flexibility index (Phi) is 4.60. The Morgan fingerprint density at radius 3 is 2.76 bits per heavy atom. The summed E-state index contributed by atoms with van der Waals surface area (Å²) in [6.45, 7) is 5.40. The van der Waals surface area contributed by atoms with Gasteiger partial charge in [0.25, 0.3) is 0 Å². The molecule has 4 heterocycles. The van der Waals surface area contributed by atoms with Gasteiger partial charge in [0.2, 0.25) is 5.91 Å². The van der Waals surface area contributed by atoms with E-state index in [9.17, 15) is 9.90 Å². The van der Waals surface area contributed by atoms with Gasteiger partial charge in [-0.05, 0) is 56.2 Å². The fraction of sp³-hybridized carbons (Fsp3) is 0.269. The van der Waals surface area contributed by atoms with Gasteiger partial charge in [-0.2, -0.15) is 0 Å². The molecule has 34 heavy (non-hydrogen) atoms. The number of anilines is 4. The normalized spacial score (nSPS) is 18.9. The van der Waals surface area contributed by atoms with Crippen LogP contribution >= 0.6 is 0 Å².